The predicted octanol–water partition coefficient (Wildman–Crippen LogP) is 18.7. The van der Waals surface area contributed by atoms with Gasteiger partial charge in [0.15, 0.2) is 0 Å². The maximum Gasteiger partial charge on any atom is 0.0561 e. The maximum absolute atomic E-state index is 2.46. The summed E-state index contributed by atoms with van der Waals surface area (Å²) in [5.74, 6) is 0. The van der Waals surface area contributed by atoms with Crippen molar-refractivity contribution >= 4 is 49.6 Å². The van der Waals surface area contributed by atoms with E-state index in [-0.39, 0.29) is 10.8 Å². The van der Waals surface area contributed by atoms with Gasteiger partial charge >= 0.3 is 0 Å². The van der Waals surface area contributed by atoms with Gasteiger partial charge in [-0.1, -0.05) is 224 Å². The highest BCUT2D eigenvalue weighted by atomic mass is 15.1. The molecule has 0 aliphatic heterocycles. The maximum atomic E-state index is 2.46. The average molecular weight is 877 g/mol. The number of hydrogen-bond acceptors (Lipinski definition) is 1. The minimum atomic E-state index is -0.00892. The van der Waals surface area contributed by atoms with Crippen molar-refractivity contribution in [1.82, 2.24) is 4.57 Å². The molecule has 0 N–H and O–H groups in total. The minimum absolute atomic E-state index is 0.00892. The molecule has 11 aromatic rings. The molecule has 2 nitrogen and oxygen atoms in total. The Morgan fingerprint density at radius 1 is 0.338 bits per heavy atom. The molecule has 11 rings (SSSR count). The highest BCUT2D eigenvalue weighted by molar-refractivity contribution is 6.12. The number of anilines is 3. The standard InChI is InChI=1S/C66H56N2/c1-65(2,3)51-41-50(42-52(43-51)66(4,5)6)56-27-17-21-49-22-18-28-60(64(49)56)58-26-14-15-29-61(58)67(54-37-35-48(36-38-54)47-33-31-46(32-34-47)45-19-9-7-10-20-45)55-39-40-59-57-25-13-16-30-62(57)68(63(59)44-55)53-23-11-8-12-24-53/h7-44H,1-6H3. The molecule has 1 aromatic heterocycles. The van der Waals surface area contributed by atoms with E-state index in [0.717, 1.165) is 33.8 Å². The summed E-state index contributed by atoms with van der Waals surface area (Å²) in [6.07, 6.45) is 0. The van der Waals surface area contributed by atoms with Crippen LogP contribution in [0.25, 0.3) is 82.8 Å². The smallest absolute Gasteiger partial charge is 0.0561 e. The summed E-state index contributed by atoms with van der Waals surface area (Å²) in [5.41, 5.74) is 19.1. The molecule has 0 saturated carbocycles. The molecule has 10 aromatic carbocycles. The van der Waals surface area contributed by atoms with Crippen molar-refractivity contribution in [3.8, 4) is 50.2 Å². The van der Waals surface area contributed by atoms with Crippen LogP contribution in [0, 0.1) is 0 Å². The van der Waals surface area contributed by atoms with Gasteiger partial charge in [0.2, 0.25) is 0 Å². The normalized spacial score (nSPS) is 12.0. The molecule has 0 aliphatic carbocycles. The predicted molar refractivity (Wildman–Crippen MR) is 292 cm³/mol. The molecular weight excluding hydrogens is 821 g/mol. The Kier molecular flexibility index (Phi) is 10.7. The van der Waals surface area contributed by atoms with Gasteiger partial charge in [-0.25, -0.2) is 0 Å². The summed E-state index contributed by atoms with van der Waals surface area (Å²) in [7, 11) is 0. The molecule has 0 fully saturated rings. The van der Waals surface area contributed by atoms with Crippen molar-refractivity contribution in [3.05, 3.63) is 242 Å². The first-order valence-electron chi connectivity index (χ1n) is 23.9. The third-order valence-corrected chi connectivity index (χ3v) is 13.7. The van der Waals surface area contributed by atoms with E-state index in [9.17, 15) is 0 Å². The first-order chi connectivity index (χ1) is 33.0. The van der Waals surface area contributed by atoms with Gasteiger partial charge in [0, 0.05) is 33.4 Å². The van der Waals surface area contributed by atoms with E-state index < -0.39 is 0 Å². The zero-order valence-corrected chi connectivity index (χ0v) is 39.8. The quantitative estimate of drug-likeness (QED) is 0.148. The van der Waals surface area contributed by atoms with Crippen LogP contribution in [0.2, 0.25) is 0 Å². The second kappa shape index (κ2) is 17.0. The average Bonchev–Trinajstić information content (AvgIpc) is 3.70. The zero-order valence-electron chi connectivity index (χ0n) is 39.8. The second-order valence-electron chi connectivity index (χ2n) is 20.2. The van der Waals surface area contributed by atoms with Crippen LogP contribution in [0.5, 0.6) is 0 Å². The SMILES string of the molecule is CC(C)(C)c1cc(-c2cccc3cccc(-c4ccccc4N(c4ccc(-c5ccc(-c6ccccc6)cc5)cc4)c4ccc5c6ccccc6n(-c6ccccc6)c5c4)c23)cc(C(C)(C)C)c1. The van der Waals surface area contributed by atoms with Crippen LogP contribution < -0.4 is 4.90 Å². The van der Waals surface area contributed by atoms with Crippen molar-refractivity contribution in [3.63, 3.8) is 0 Å². The van der Waals surface area contributed by atoms with E-state index in [1.165, 1.54) is 77.1 Å². The molecule has 0 radical (unpaired) electrons. The summed E-state index contributed by atoms with van der Waals surface area (Å²) >= 11 is 0. The van der Waals surface area contributed by atoms with Gasteiger partial charge in [0.05, 0.1) is 16.7 Å². The molecule has 0 amide bonds. The molecule has 0 unspecified atom stereocenters. The van der Waals surface area contributed by atoms with E-state index in [4.69, 9.17) is 0 Å². The van der Waals surface area contributed by atoms with Gasteiger partial charge in [-0.05, 0) is 120 Å². The molecule has 0 spiro atoms. The molecular formula is C66H56N2. The summed E-state index contributed by atoms with van der Waals surface area (Å²) in [4.78, 5) is 2.46. The van der Waals surface area contributed by atoms with Crippen molar-refractivity contribution in [1.29, 1.82) is 0 Å². The summed E-state index contributed by atoms with van der Waals surface area (Å²) < 4.78 is 2.41. The highest BCUT2D eigenvalue weighted by Crippen LogP contribution is 2.47. The number of fused-ring (bicyclic) bond motifs is 4. The van der Waals surface area contributed by atoms with E-state index in [2.05, 4.69) is 282 Å². The number of hydrogen-bond donors (Lipinski definition) is 0. The third kappa shape index (κ3) is 7.86. The lowest BCUT2D eigenvalue weighted by molar-refractivity contribution is 0.569. The Morgan fingerprint density at radius 3 is 1.49 bits per heavy atom. The lowest BCUT2D eigenvalue weighted by Crippen LogP contribution is -2.16. The van der Waals surface area contributed by atoms with E-state index >= 15 is 0 Å². The van der Waals surface area contributed by atoms with Crippen LogP contribution in [-0.2, 0) is 10.8 Å². The van der Waals surface area contributed by atoms with Crippen LogP contribution >= 0.6 is 0 Å². The Balaban J connectivity index is 1.12. The summed E-state index contributed by atoms with van der Waals surface area (Å²) in [6.45, 7) is 13.9. The zero-order chi connectivity index (χ0) is 46.6. The van der Waals surface area contributed by atoms with Crippen LogP contribution in [-0.4, -0.2) is 4.57 Å². The molecule has 0 atom stereocenters. The van der Waals surface area contributed by atoms with Gasteiger partial charge < -0.3 is 9.47 Å². The van der Waals surface area contributed by atoms with Crippen LogP contribution in [0.1, 0.15) is 52.7 Å². The summed E-state index contributed by atoms with van der Waals surface area (Å²) in [5, 5.41) is 4.93. The topological polar surface area (TPSA) is 8.17 Å². The largest absolute Gasteiger partial charge is 0.310 e. The second-order valence-corrected chi connectivity index (χ2v) is 20.2. The lowest BCUT2D eigenvalue weighted by Gasteiger charge is -2.29. The Hall–Kier alpha value is -7.94. The number of para-hydroxylation sites is 3. The third-order valence-electron chi connectivity index (χ3n) is 13.7. The molecule has 68 heavy (non-hydrogen) atoms. The molecule has 330 valence electrons. The van der Waals surface area contributed by atoms with Crippen LogP contribution in [0.15, 0.2) is 231 Å². The fourth-order valence-corrected chi connectivity index (χ4v) is 10.0. The van der Waals surface area contributed by atoms with Crippen molar-refractivity contribution < 1.29 is 0 Å². The monoisotopic (exact) mass is 876 g/mol. The molecule has 2 heteroatoms. The van der Waals surface area contributed by atoms with E-state index in [1.54, 1.807) is 0 Å². The van der Waals surface area contributed by atoms with Gasteiger partial charge in [-0.3, -0.25) is 0 Å². The first-order valence-corrected chi connectivity index (χ1v) is 23.9. The number of nitrogens with zero attached hydrogens (tertiary/aromatic N) is 2. The van der Waals surface area contributed by atoms with Gasteiger partial charge in [0.25, 0.3) is 0 Å². The summed E-state index contributed by atoms with van der Waals surface area (Å²) in [6, 6.07) is 85.0. The minimum Gasteiger partial charge on any atom is -0.310 e. The van der Waals surface area contributed by atoms with Gasteiger partial charge in [0.1, 0.15) is 0 Å². The molecule has 1 heterocycles. The fourth-order valence-electron chi connectivity index (χ4n) is 10.0. The Bertz CT molecular complexity index is 3560. The van der Waals surface area contributed by atoms with E-state index in [0.29, 0.717) is 0 Å². The van der Waals surface area contributed by atoms with Crippen molar-refractivity contribution in [2.75, 3.05) is 4.90 Å². The fraction of sp³-hybridized carbons (Fsp3) is 0.121. The number of benzene rings is 10. The van der Waals surface area contributed by atoms with E-state index in [1.807, 2.05) is 0 Å². The molecule has 0 saturated heterocycles. The Labute approximate surface area is 401 Å². The first kappa shape index (κ1) is 42.7. The lowest BCUT2D eigenvalue weighted by atomic mass is 9.78. The number of aromatic nitrogens is 1. The van der Waals surface area contributed by atoms with Gasteiger partial charge in [-0.2, -0.15) is 0 Å². The van der Waals surface area contributed by atoms with Crippen molar-refractivity contribution in [2.45, 2.75) is 52.4 Å². The molecule has 0 bridgehead atoms. The number of rotatable bonds is 8. The molecule has 0 aliphatic rings. The Morgan fingerprint density at radius 2 is 0.838 bits per heavy atom. The van der Waals surface area contributed by atoms with Crippen LogP contribution in [0.3, 0.4) is 0 Å². The van der Waals surface area contributed by atoms with Crippen LogP contribution in [0.4, 0.5) is 17.1 Å². The van der Waals surface area contributed by atoms with Crippen molar-refractivity contribution in [2.24, 2.45) is 0 Å². The highest BCUT2D eigenvalue weighted by Gasteiger charge is 2.24. The van der Waals surface area contributed by atoms with Gasteiger partial charge in [-0.15, -0.1) is 0 Å².